The molecule has 3 rings (SSSR count). The van der Waals surface area contributed by atoms with Crippen LogP contribution in [0.2, 0.25) is 0 Å². The first-order valence-electron chi connectivity index (χ1n) is 6.61. The van der Waals surface area contributed by atoms with E-state index >= 15 is 0 Å². The Hall–Kier alpha value is -0.880. The molecule has 1 aromatic carbocycles. The summed E-state index contributed by atoms with van der Waals surface area (Å²) in [5.41, 5.74) is 1.07. The number of likely N-dealkylation sites (N-methyl/N-ethyl adjacent to an activating group) is 1. The van der Waals surface area contributed by atoms with E-state index in [4.69, 9.17) is 9.72 Å². The van der Waals surface area contributed by atoms with E-state index in [1.807, 2.05) is 19.2 Å². The van der Waals surface area contributed by atoms with Gasteiger partial charge in [-0.05, 0) is 31.7 Å². The standard InChI is InChI=1S/C14H19N3OS.ClH/c1-15-10-5-6-17(8-10)9-14-16-12-4-3-11(18-2)7-13(12)19-14;/h3-4,7,10,15H,5-6,8-9H2,1-2H3;1H. The van der Waals surface area contributed by atoms with Gasteiger partial charge in [-0.3, -0.25) is 4.90 Å². The van der Waals surface area contributed by atoms with Crippen LogP contribution in [-0.2, 0) is 6.54 Å². The summed E-state index contributed by atoms with van der Waals surface area (Å²) in [6, 6.07) is 6.71. The molecule has 1 fully saturated rings. The number of hydrogen-bond donors (Lipinski definition) is 1. The topological polar surface area (TPSA) is 37.4 Å². The number of hydrogen-bond acceptors (Lipinski definition) is 5. The zero-order valence-electron chi connectivity index (χ0n) is 11.8. The van der Waals surface area contributed by atoms with Gasteiger partial charge in [0.25, 0.3) is 0 Å². The lowest BCUT2D eigenvalue weighted by Gasteiger charge is -2.13. The van der Waals surface area contributed by atoms with Crippen molar-refractivity contribution in [3.63, 3.8) is 0 Å². The Balaban J connectivity index is 0.00000147. The molecule has 6 heteroatoms. The maximum atomic E-state index is 5.25. The first-order valence-corrected chi connectivity index (χ1v) is 7.43. The summed E-state index contributed by atoms with van der Waals surface area (Å²) < 4.78 is 6.46. The first kappa shape index (κ1) is 15.5. The Morgan fingerprint density at radius 2 is 2.35 bits per heavy atom. The quantitative estimate of drug-likeness (QED) is 0.941. The van der Waals surface area contributed by atoms with Gasteiger partial charge in [0.15, 0.2) is 0 Å². The summed E-state index contributed by atoms with van der Waals surface area (Å²) in [6.07, 6.45) is 1.23. The molecule has 1 aromatic heterocycles. The minimum absolute atomic E-state index is 0. The number of halogens is 1. The van der Waals surface area contributed by atoms with Gasteiger partial charge in [-0.15, -0.1) is 23.7 Å². The van der Waals surface area contributed by atoms with Gasteiger partial charge < -0.3 is 10.1 Å². The minimum atomic E-state index is 0. The van der Waals surface area contributed by atoms with Crippen molar-refractivity contribution in [3.05, 3.63) is 23.2 Å². The fourth-order valence-electron chi connectivity index (χ4n) is 2.55. The van der Waals surface area contributed by atoms with Crippen molar-refractivity contribution in [2.75, 3.05) is 27.2 Å². The second-order valence-corrected chi connectivity index (χ2v) is 6.07. The Bertz CT molecular complexity index is 575. The zero-order valence-corrected chi connectivity index (χ0v) is 13.4. The van der Waals surface area contributed by atoms with Crippen LogP contribution in [0.25, 0.3) is 10.2 Å². The molecular weight excluding hydrogens is 294 g/mol. The molecule has 1 aliphatic rings. The molecule has 0 saturated carbocycles. The van der Waals surface area contributed by atoms with Gasteiger partial charge in [-0.1, -0.05) is 0 Å². The van der Waals surface area contributed by atoms with Crippen LogP contribution in [0.15, 0.2) is 18.2 Å². The van der Waals surface area contributed by atoms with Crippen LogP contribution in [0.1, 0.15) is 11.4 Å². The average Bonchev–Trinajstić information content (AvgIpc) is 3.03. The van der Waals surface area contributed by atoms with Crippen LogP contribution in [0.4, 0.5) is 0 Å². The third-order valence-electron chi connectivity index (χ3n) is 3.68. The van der Waals surface area contributed by atoms with Crippen LogP contribution >= 0.6 is 23.7 Å². The second kappa shape index (κ2) is 6.72. The van der Waals surface area contributed by atoms with Crippen LogP contribution in [0.5, 0.6) is 5.75 Å². The molecule has 1 atom stereocenters. The molecule has 1 unspecified atom stereocenters. The van der Waals surface area contributed by atoms with E-state index in [1.54, 1.807) is 18.4 Å². The third-order valence-corrected chi connectivity index (χ3v) is 4.68. The monoisotopic (exact) mass is 313 g/mol. The molecule has 0 radical (unpaired) electrons. The number of methoxy groups -OCH3 is 1. The largest absolute Gasteiger partial charge is 0.497 e. The predicted octanol–water partition coefficient (Wildman–Crippen LogP) is 2.52. The van der Waals surface area contributed by atoms with Crippen LogP contribution in [0, 0.1) is 0 Å². The smallest absolute Gasteiger partial charge is 0.120 e. The van der Waals surface area contributed by atoms with Crippen LogP contribution in [0.3, 0.4) is 0 Å². The van der Waals surface area contributed by atoms with Gasteiger partial charge in [0.1, 0.15) is 10.8 Å². The highest BCUT2D eigenvalue weighted by Crippen LogP contribution is 2.27. The normalized spacial score (nSPS) is 19.2. The van der Waals surface area contributed by atoms with E-state index in [9.17, 15) is 0 Å². The number of aromatic nitrogens is 1. The molecule has 0 aliphatic carbocycles. The van der Waals surface area contributed by atoms with Crippen LogP contribution < -0.4 is 10.1 Å². The number of nitrogens with one attached hydrogen (secondary N) is 1. The highest BCUT2D eigenvalue weighted by molar-refractivity contribution is 7.18. The SMILES string of the molecule is CNC1CCN(Cc2nc3ccc(OC)cc3s2)C1.Cl. The summed E-state index contributed by atoms with van der Waals surface area (Å²) in [5.74, 6) is 0.902. The van der Waals surface area contributed by atoms with Crippen molar-refractivity contribution in [3.8, 4) is 5.75 Å². The van der Waals surface area contributed by atoms with Gasteiger partial charge in [0.05, 0.1) is 23.9 Å². The van der Waals surface area contributed by atoms with Gasteiger partial charge in [0, 0.05) is 19.1 Å². The summed E-state index contributed by atoms with van der Waals surface area (Å²) in [4.78, 5) is 7.17. The number of thiazole rings is 1. The van der Waals surface area contributed by atoms with Crippen molar-refractivity contribution < 1.29 is 4.74 Å². The Labute approximate surface area is 129 Å². The van der Waals surface area contributed by atoms with E-state index in [2.05, 4.69) is 16.3 Å². The fraction of sp³-hybridized carbons (Fsp3) is 0.500. The van der Waals surface area contributed by atoms with Gasteiger partial charge in [0.2, 0.25) is 0 Å². The maximum absolute atomic E-state index is 5.25. The highest BCUT2D eigenvalue weighted by Gasteiger charge is 2.21. The second-order valence-electron chi connectivity index (χ2n) is 4.95. The minimum Gasteiger partial charge on any atom is -0.497 e. The van der Waals surface area contributed by atoms with Gasteiger partial charge >= 0.3 is 0 Å². The summed E-state index contributed by atoms with van der Waals surface area (Å²) in [5, 5.41) is 4.54. The average molecular weight is 314 g/mol. The Morgan fingerprint density at radius 3 is 3.05 bits per heavy atom. The Kier molecular flexibility index (Phi) is 5.21. The molecule has 1 aliphatic heterocycles. The van der Waals surface area contributed by atoms with Crippen molar-refractivity contribution >= 4 is 34.0 Å². The summed E-state index contributed by atoms with van der Waals surface area (Å²) >= 11 is 1.77. The number of benzene rings is 1. The lowest BCUT2D eigenvalue weighted by Crippen LogP contribution is -2.29. The molecule has 1 saturated heterocycles. The molecule has 0 amide bonds. The van der Waals surface area contributed by atoms with E-state index in [1.165, 1.54) is 16.1 Å². The molecule has 2 aromatic rings. The number of rotatable bonds is 4. The summed E-state index contributed by atoms with van der Waals surface area (Å²) in [7, 11) is 3.74. The lowest BCUT2D eigenvalue weighted by molar-refractivity contribution is 0.322. The first-order chi connectivity index (χ1) is 9.28. The molecule has 110 valence electrons. The molecular formula is C14H20ClN3OS. The molecule has 1 N–H and O–H groups in total. The number of likely N-dealkylation sites (tertiary alicyclic amines) is 1. The van der Waals surface area contributed by atoms with Crippen molar-refractivity contribution in [2.45, 2.75) is 19.0 Å². The van der Waals surface area contributed by atoms with Gasteiger partial charge in [-0.25, -0.2) is 4.98 Å². The zero-order chi connectivity index (χ0) is 13.2. The highest BCUT2D eigenvalue weighted by atomic mass is 35.5. The van der Waals surface area contributed by atoms with Crippen molar-refractivity contribution in [1.82, 2.24) is 15.2 Å². The van der Waals surface area contributed by atoms with E-state index < -0.39 is 0 Å². The maximum Gasteiger partial charge on any atom is 0.120 e. The lowest BCUT2D eigenvalue weighted by atomic mass is 10.3. The number of nitrogens with zero attached hydrogens (tertiary/aromatic N) is 2. The number of ether oxygens (including phenoxy) is 1. The predicted molar refractivity (Wildman–Crippen MR) is 86.2 cm³/mol. The Morgan fingerprint density at radius 1 is 1.50 bits per heavy atom. The van der Waals surface area contributed by atoms with E-state index in [-0.39, 0.29) is 12.4 Å². The van der Waals surface area contributed by atoms with Crippen molar-refractivity contribution in [2.24, 2.45) is 0 Å². The van der Waals surface area contributed by atoms with Crippen LogP contribution in [-0.4, -0.2) is 43.2 Å². The molecule has 20 heavy (non-hydrogen) atoms. The third kappa shape index (κ3) is 3.23. The molecule has 2 heterocycles. The van der Waals surface area contributed by atoms with E-state index in [0.717, 1.165) is 30.9 Å². The molecule has 0 spiro atoms. The number of fused-ring (bicyclic) bond motifs is 1. The van der Waals surface area contributed by atoms with E-state index in [0.29, 0.717) is 6.04 Å². The molecule has 4 nitrogen and oxygen atoms in total. The summed E-state index contributed by atoms with van der Waals surface area (Å²) in [6.45, 7) is 3.24. The van der Waals surface area contributed by atoms with Gasteiger partial charge in [-0.2, -0.15) is 0 Å². The molecule has 0 bridgehead atoms. The fourth-order valence-corrected chi connectivity index (χ4v) is 3.59. The van der Waals surface area contributed by atoms with Crippen molar-refractivity contribution in [1.29, 1.82) is 0 Å².